The zero-order valence-electron chi connectivity index (χ0n) is 15.7. The summed E-state index contributed by atoms with van der Waals surface area (Å²) in [7, 11) is 2.87. The van der Waals surface area contributed by atoms with Gasteiger partial charge in [-0.2, -0.15) is 0 Å². The van der Waals surface area contributed by atoms with E-state index in [9.17, 15) is 18.8 Å². The van der Waals surface area contributed by atoms with Crippen molar-refractivity contribution in [2.75, 3.05) is 19.5 Å². The molecule has 0 unspecified atom stereocenters. The molecule has 0 spiro atoms. The summed E-state index contributed by atoms with van der Waals surface area (Å²) < 4.78 is 18.4. The van der Waals surface area contributed by atoms with Gasteiger partial charge in [0.05, 0.1) is 24.0 Å². The van der Waals surface area contributed by atoms with Crippen LogP contribution in [-0.4, -0.2) is 47.3 Å². The van der Waals surface area contributed by atoms with Crippen LogP contribution in [0, 0.1) is 5.82 Å². The summed E-state index contributed by atoms with van der Waals surface area (Å²) >= 11 is 1.12. The number of carbonyl (C=O) groups excluding carboxylic acids is 3. The third-order valence-electron chi connectivity index (χ3n) is 4.21. The van der Waals surface area contributed by atoms with E-state index in [0.29, 0.717) is 16.4 Å². The number of thioether (sulfide) groups is 1. The van der Waals surface area contributed by atoms with Gasteiger partial charge in [0.1, 0.15) is 11.1 Å². The minimum absolute atomic E-state index is 0.0260. The number of methoxy groups -OCH3 is 1. The van der Waals surface area contributed by atoms with Crippen molar-refractivity contribution in [1.82, 2.24) is 4.90 Å². The molecule has 2 aromatic carbocycles. The van der Waals surface area contributed by atoms with Crippen LogP contribution in [0.3, 0.4) is 0 Å². The average Bonchev–Trinajstić information content (AvgIpc) is 2.72. The summed E-state index contributed by atoms with van der Waals surface area (Å²) in [5.41, 5.74) is 0.940. The number of benzene rings is 2. The van der Waals surface area contributed by atoms with Crippen molar-refractivity contribution in [2.45, 2.75) is 11.7 Å². The maximum atomic E-state index is 13.8. The predicted octanol–water partition coefficient (Wildman–Crippen LogP) is 3.20. The van der Waals surface area contributed by atoms with Gasteiger partial charge in [-0.1, -0.05) is 23.9 Å². The lowest BCUT2D eigenvalue weighted by molar-refractivity contribution is -0.128. The van der Waals surface area contributed by atoms with Crippen molar-refractivity contribution in [3.63, 3.8) is 0 Å². The normalized spacial score (nSPS) is 17.9. The number of anilines is 1. The Morgan fingerprint density at radius 3 is 2.55 bits per heavy atom. The summed E-state index contributed by atoms with van der Waals surface area (Å²) in [5, 5.41) is 2.10. The van der Waals surface area contributed by atoms with Crippen LogP contribution in [-0.2, 0) is 14.3 Å². The van der Waals surface area contributed by atoms with Gasteiger partial charge in [-0.25, -0.2) is 14.2 Å². The second-order valence-corrected chi connectivity index (χ2v) is 7.34. The maximum absolute atomic E-state index is 13.8. The second-order valence-electron chi connectivity index (χ2n) is 6.17. The van der Waals surface area contributed by atoms with Gasteiger partial charge in [0.15, 0.2) is 5.17 Å². The quantitative estimate of drug-likeness (QED) is 0.775. The molecule has 1 saturated heterocycles. The first kappa shape index (κ1) is 20.5. The molecule has 0 aliphatic carbocycles. The molecule has 9 heteroatoms. The number of hydrogen-bond acceptors (Lipinski definition) is 6. The van der Waals surface area contributed by atoms with Crippen molar-refractivity contribution in [3.8, 4) is 0 Å². The molecule has 2 amide bonds. The van der Waals surface area contributed by atoms with E-state index >= 15 is 0 Å². The van der Waals surface area contributed by atoms with Crippen molar-refractivity contribution in [3.05, 3.63) is 59.9 Å². The summed E-state index contributed by atoms with van der Waals surface area (Å²) in [4.78, 5) is 42.2. The number of ether oxygens (including phenoxy) is 1. The predicted molar refractivity (Wildman–Crippen MR) is 109 cm³/mol. The first-order valence-corrected chi connectivity index (χ1v) is 9.52. The fraction of sp³-hybridized carbons (Fsp3) is 0.200. The summed E-state index contributed by atoms with van der Waals surface area (Å²) in [6.07, 6.45) is -0.0260. The minimum Gasteiger partial charge on any atom is -0.465 e. The molecule has 2 aromatic rings. The Hall–Kier alpha value is -3.20. The molecule has 1 heterocycles. The second kappa shape index (κ2) is 8.87. The summed E-state index contributed by atoms with van der Waals surface area (Å²) in [6, 6.07) is 12.2. The van der Waals surface area contributed by atoms with Crippen LogP contribution in [0.1, 0.15) is 16.8 Å². The van der Waals surface area contributed by atoms with Crippen LogP contribution in [0.15, 0.2) is 53.5 Å². The van der Waals surface area contributed by atoms with Crippen LogP contribution in [0.2, 0.25) is 0 Å². The Morgan fingerprint density at radius 1 is 1.21 bits per heavy atom. The summed E-state index contributed by atoms with van der Waals surface area (Å²) in [5.74, 6) is -1.77. The van der Waals surface area contributed by atoms with E-state index in [1.54, 1.807) is 37.4 Å². The number of halogens is 1. The van der Waals surface area contributed by atoms with Crippen molar-refractivity contribution >= 4 is 46.1 Å². The number of esters is 1. The summed E-state index contributed by atoms with van der Waals surface area (Å²) in [6.45, 7) is 0. The smallest absolute Gasteiger partial charge is 0.337 e. The highest BCUT2D eigenvalue weighted by Gasteiger charge is 2.34. The van der Waals surface area contributed by atoms with Gasteiger partial charge in [-0.05, 0) is 36.4 Å². The van der Waals surface area contributed by atoms with Gasteiger partial charge in [0, 0.05) is 13.5 Å². The van der Waals surface area contributed by atoms with Crippen molar-refractivity contribution < 1.29 is 23.5 Å². The van der Waals surface area contributed by atoms with Crippen LogP contribution in [0.25, 0.3) is 0 Å². The highest BCUT2D eigenvalue weighted by atomic mass is 32.2. The first-order chi connectivity index (χ1) is 13.9. The number of amides is 2. The maximum Gasteiger partial charge on any atom is 0.337 e. The molecule has 1 atom stereocenters. The Kier molecular flexibility index (Phi) is 6.28. The molecular formula is C20H18FN3O4S. The molecule has 1 N–H and O–H groups in total. The van der Waals surface area contributed by atoms with Gasteiger partial charge in [-0.3, -0.25) is 14.5 Å². The highest BCUT2D eigenvalue weighted by molar-refractivity contribution is 8.15. The monoisotopic (exact) mass is 415 g/mol. The number of para-hydroxylation sites is 1. The first-order valence-electron chi connectivity index (χ1n) is 8.64. The lowest BCUT2D eigenvalue weighted by atomic mass is 10.2. The molecule has 1 aliphatic rings. The van der Waals surface area contributed by atoms with E-state index in [1.165, 1.54) is 30.2 Å². The third-order valence-corrected chi connectivity index (χ3v) is 5.45. The van der Waals surface area contributed by atoms with E-state index in [-0.39, 0.29) is 18.0 Å². The number of aliphatic imine (C=N–C) groups is 1. The van der Waals surface area contributed by atoms with Gasteiger partial charge < -0.3 is 10.1 Å². The Balaban J connectivity index is 1.77. The molecule has 0 bridgehead atoms. The largest absolute Gasteiger partial charge is 0.465 e. The van der Waals surface area contributed by atoms with Crippen molar-refractivity contribution in [1.29, 1.82) is 0 Å². The van der Waals surface area contributed by atoms with Crippen molar-refractivity contribution in [2.24, 2.45) is 4.99 Å². The van der Waals surface area contributed by atoms with E-state index < -0.39 is 22.9 Å². The molecule has 0 aromatic heterocycles. The fourth-order valence-corrected chi connectivity index (χ4v) is 3.64. The Morgan fingerprint density at radius 2 is 1.90 bits per heavy atom. The number of nitrogens with one attached hydrogen (secondary N) is 1. The van der Waals surface area contributed by atoms with E-state index in [0.717, 1.165) is 11.8 Å². The standard InChI is InChI=1S/C20H18FN3O4S/c1-24-17(25)11-16(18(26)23-15-6-4-3-5-14(15)21)29-20(24)22-13-9-7-12(8-10-13)19(27)28-2/h3-10,16H,11H2,1-2H3,(H,23,26)/t16-/m0/s1. The van der Waals surface area contributed by atoms with Crippen LogP contribution in [0.4, 0.5) is 15.8 Å². The molecule has 29 heavy (non-hydrogen) atoms. The molecule has 3 rings (SSSR count). The van der Waals surface area contributed by atoms with Gasteiger partial charge >= 0.3 is 5.97 Å². The van der Waals surface area contributed by atoms with Crippen LogP contribution < -0.4 is 5.32 Å². The number of carbonyl (C=O) groups is 3. The molecule has 1 fully saturated rings. The van der Waals surface area contributed by atoms with Gasteiger partial charge in [-0.15, -0.1) is 0 Å². The Bertz CT molecular complexity index is 978. The lowest BCUT2D eigenvalue weighted by Gasteiger charge is -2.28. The van der Waals surface area contributed by atoms with Gasteiger partial charge in [0.25, 0.3) is 0 Å². The fourth-order valence-electron chi connectivity index (χ4n) is 2.57. The molecule has 0 radical (unpaired) electrons. The number of amidine groups is 1. The van der Waals surface area contributed by atoms with E-state index in [2.05, 4.69) is 15.0 Å². The lowest BCUT2D eigenvalue weighted by Crippen LogP contribution is -2.43. The zero-order valence-corrected chi connectivity index (χ0v) is 16.5. The SMILES string of the molecule is COC(=O)c1ccc(N=C2S[C@H](C(=O)Nc3ccccc3F)CC(=O)N2C)cc1. The van der Waals surface area contributed by atoms with Crippen LogP contribution in [0.5, 0.6) is 0 Å². The highest BCUT2D eigenvalue weighted by Crippen LogP contribution is 2.29. The number of nitrogens with zero attached hydrogens (tertiary/aromatic N) is 2. The number of hydrogen-bond donors (Lipinski definition) is 1. The minimum atomic E-state index is -0.744. The van der Waals surface area contributed by atoms with E-state index in [4.69, 9.17) is 0 Å². The van der Waals surface area contributed by atoms with Crippen LogP contribution >= 0.6 is 11.8 Å². The molecule has 0 saturated carbocycles. The van der Waals surface area contributed by atoms with E-state index in [1.807, 2.05) is 0 Å². The zero-order chi connectivity index (χ0) is 21.0. The number of rotatable bonds is 4. The molecule has 1 aliphatic heterocycles. The average molecular weight is 415 g/mol. The Labute approximate surface area is 170 Å². The third kappa shape index (κ3) is 4.80. The molecular weight excluding hydrogens is 397 g/mol. The topological polar surface area (TPSA) is 88.1 Å². The molecule has 150 valence electrons. The molecule has 7 nitrogen and oxygen atoms in total. The van der Waals surface area contributed by atoms with Gasteiger partial charge in [0.2, 0.25) is 11.8 Å².